The average molecular weight is 311 g/mol. The van der Waals surface area contributed by atoms with Gasteiger partial charge in [-0.2, -0.15) is 0 Å². The summed E-state index contributed by atoms with van der Waals surface area (Å²) in [7, 11) is 0. The van der Waals surface area contributed by atoms with E-state index in [0.717, 1.165) is 47.9 Å². The van der Waals surface area contributed by atoms with Gasteiger partial charge in [-0.25, -0.2) is 9.18 Å². The Morgan fingerprint density at radius 1 is 1.13 bits per heavy atom. The topological polar surface area (TPSA) is 52.3 Å². The smallest absolute Gasteiger partial charge is 0.405 e. The van der Waals surface area contributed by atoms with Crippen LogP contribution in [0.1, 0.15) is 36.5 Å². The zero-order valence-electron chi connectivity index (χ0n) is 12.7. The van der Waals surface area contributed by atoms with Crippen molar-refractivity contribution in [3.05, 3.63) is 59.4 Å². The van der Waals surface area contributed by atoms with Gasteiger partial charge in [-0.3, -0.25) is 0 Å². The highest BCUT2D eigenvalue weighted by atomic mass is 19.1. The van der Waals surface area contributed by atoms with Crippen LogP contribution >= 0.6 is 0 Å². The molecule has 118 valence electrons. The van der Waals surface area contributed by atoms with Crippen molar-refractivity contribution in [2.24, 2.45) is 11.1 Å². The van der Waals surface area contributed by atoms with E-state index in [4.69, 9.17) is 10.5 Å². The summed E-state index contributed by atoms with van der Waals surface area (Å²) in [6.07, 6.45) is 3.15. The fourth-order valence-corrected chi connectivity index (χ4v) is 3.75. The second-order valence-corrected chi connectivity index (χ2v) is 6.60. The van der Waals surface area contributed by atoms with Gasteiger partial charge in [0.1, 0.15) is 11.9 Å². The van der Waals surface area contributed by atoms with E-state index in [9.17, 15) is 9.18 Å². The number of carbonyl (C=O) groups excluding carboxylic acids is 1. The zero-order valence-corrected chi connectivity index (χ0v) is 12.7. The first-order valence-corrected chi connectivity index (χ1v) is 7.92. The van der Waals surface area contributed by atoms with E-state index in [1.807, 2.05) is 18.2 Å². The maximum Gasteiger partial charge on any atom is 0.405 e. The lowest BCUT2D eigenvalue weighted by molar-refractivity contribution is 0.0471. The van der Waals surface area contributed by atoms with E-state index >= 15 is 0 Å². The van der Waals surface area contributed by atoms with E-state index in [0.29, 0.717) is 0 Å². The van der Waals surface area contributed by atoms with Crippen molar-refractivity contribution in [3.63, 3.8) is 0 Å². The molecule has 1 spiro atoms. The first-order valence-electron chi connectivity index (χ1n) is 7.92. The molecule has 0 radical (unpaired) electrons. The molecule has 1 amide bonds. The number of ether oxygens (including phenoxy) is 1. The van der Waals surface area contributed by atoms with Crippen LogP contribution in [0.5, 0.6) is 0 Å². The Balaban J connectivity index is 1.73. The molecule has 1 fully saturated rings. The summed E-state index contributed by atoms with van der Waals surface area (Å²) in [6.45, 7) is 0. The Morgan fingerprint density at radius 3 is 2.61 bits per heavy atom. The SMILES string of the molecule is NC(=O)OC1c2ccc(-c3cccc(F)c3)cc2CCC12CC2. The van der Waals surface area contributed by atoms with E-state index in [1.165, 1.54) is 12.1 Å². The van der Waals surface area contributed by atoms with Crippen molar-refractivity contribution in [1.29, 1.82) is 0 Å². The summed E-state index contributed by atoms with van der Waals surface area (Å²) in [6, 6.07) is 12.6. The molecule has 2 aromatic carbocycles. The molecule has 3 nitrogen and oxygen atoms in total. The van der Waals surface area contributed by atoms with Gasteiger partial charge in [-0.05, 0) is 60.1 Å². The molecule has 0 saturated heterocycles. The van der Waals surface area contributed by atoms with Crippen LogP contribution in [0.3, 0.4) is 0 Å². The van der Waals surface area contributed by atoms with Gasteiger partial charge < -0.3 is 10.5 Å². The molecule has 1 saturated carbocycles. The van der Waals surface area contributed by atoms with Crippen LogP contribution in [-0.2, 0) is 11.2 Å². The summed E-state index contributed by atoms with van der Waals surface area (Å²) < 4.78 is 18.9. The molecule has 4 heteroatoms. The minimum Gasteiger partial charge on any atom is -0.441 e. The van der Waals surface area contributed by atoms with Crippen molar-refractivity contribution < 1.29 is 13.9 Å². The molecule has 0 aliphatic heterocycles. The highest BCUT2D eigenvalue weighted by Gasteiger charge is 2.54. The molecule has 0 heterocycles. The number of rotatable bonds is 2. The number of aryl methyl sites for hydroxylation is 1. The fraction of sp³-hybridized carbons (Fsp3) is 0.316. The molecule has 0 aromatic heterocycles. The van der Waals surface area contributed by atoms with Gasteiger partial charge in [0.2, 0.25) is 0 Å². The Morgan fingerprint density at radius 2 is 1.91 bits per heavy atom. The number of fused-ring (bicyclic) bond motifs is 1. The third-order valence-electron chi connectivity index (χ3n) is 5.16. The molecule has 1 atom stereocenters. The molecule has 4 rings (SSSR count). The van der Waals surface area contributed by atoms with Crippen molar-refractivity contribution >= 4 is 6.09 Å². The quantitative estimate of drug-likeness (QED) is 0.896. The van der Waals surface area contributed by atoms with Gasteiger partial charge in [0, 0.05) is 5.41 Å². The predicted octanol–water partition coefficient (Wildman–Crippen LogP) is 4.36. The third kappa shape index (κ3) is 2.48. The number of hydrogen-bond donors (Lipinski definition) is 1. The van der Waals surface area contributed by atoms with Crippen LogP contribution in [0.25, 0.3) is 11.1 Å². The minimum atomic E-state index is -0.719. The first kappa shape index (κ1) is 14.2. The molecule has 23 heavy (non-hydrogen) atoms. The van der Waals surface area contributed by atoms with Gasteiger partial charge in [0.15, 0.2) is 0 Å². The zero-order chi connectivity index (χ0) is 16.0. The van der Waals surface area contributed by atoms with Gasteiger partial charge >= 0.3 is 6.09 Å². The van der Waals surface area contributed by atoms with Gasteiger partial charge in [0.25, 0.3) is 0 Å². The third-order valence-corrected chi connectivity index (χ3v) is 5.16. The summed E-state index contributed by atoms with van der Waals surface area (Å²) >= 11 is 0. The number of benzene rings is 2. The molecule has 1 unspecified atom stereocenters. The number of nitrogens with two attached hydrogens (primary N) is 1. The van der Waals surface area contributed by atoms with E-state index in [2.05, 4.69) is 6.07 Å². The lowest BCUT2D eigenvalue weighted by atomic mass is 9.78. The number of amides is 1. The molecular weight excluding hydrogens is 293 g/mol. The Bertz CT molecular complexity index is 783. The number of halogens is 1. The number of hydrogen-bond acceptors (Lipinski definition) is 2. The average Bonchev–Trinajstić information content (AvgIpc) is 3.30. The normalized spacial score (nSPS) is 20.8. The van der Waals surface area contributed by atoms with Crippen LogP contribution in [0.4, 0.5) is 9.18 Å². The highest BCUT2D eigenvalue weighted by Crippen LogP contribution is 2.62. The molecule has 2 aliphatic rings. The first-order chi connectivity index (χ1) is 11.1. The van der Waals surface area contributed by atoms with Crippen molar-refractivity contribution in [2.75, 3.05) is 0 Å². The second kappa shape index (κ2) is 5.08. The lowest BCUT2D eigenvalue weighted by Gasteiger charge is -2.33. The van der Waals surface area contributed by atoms with Crippen molar-refractivity contribution in [2.45, 2.75) is 31.8 Å². The molecule has 2 N–H and O–H groups in total. The predicted molar refractivity (Wildman–Crippen MR) is 85.2 cm³/mol. The van der Waals surface area contributed by atoms with Gasteiger partial charge in [0.05, 0.1) is 0 Å². The van der Waals surface area contributed by atoms with Crippen molar-refractivity contribution in [1.82, 2.24) is 0 Å². The molecule has 0 bridgehead atoms. The maximum atomic E-state index is 13.4. The summed E-state index contributed by atoms with van der Waals surface area (Å²) in [5.74, 6) is -0.243. The van der Waals surface area contributed by atoms with Crippen LogP contribution < -0.4 is 5.73 Å². The highest BCUT2D eigenvalue weighted by molar-refractivity contribution is 5.67. The van der Waals surface area contributed by atoms with E-state index in [1.54, 1.807) is 6.07 Å². The largest absolute Gasteiger partial charge is 0.441 e. The summed E-state index contributed by atoms with van der Waals surface area (Å²) in [5.41, 5.74) is 9.39. The second-order valence-electron chi connectivity index (χ2n) is 6.60. The van der Waals surface area contributed by atoms with Gasteiger partial charge in [-0.1, -0.05) is 30.3 Å². The summed E-state index contributed by atoms with van der Waals surface area (Å²) in [5, 5.41) is 0. The van der Waals surface area contributed by atoms with E-state index < -0.39 is 6.09 Å². The van der Waals surface area contributed by atoms with Crippen LogP contribution in [0.15, 0.2) is 42.5 Å². The lowest BCUT2D eigenvalue weighted by Crippen LogP contribution is -2.28. The maximum absolute atomic E-state index is 13.4. The fourth-order valence-electron chi connectivity index (χ4n) is 3.75. The Kier molecular flexibility index (Phi) is 3.15. The Hall–Kier alpha value is -2.36. The van der Waals surface area contributed by atoms with Crippen LogP contribution in [-0.4, -0.2) is 6.09 Å². The standard InChI is InChI=1S/C19H18FNO2/c20-15-3-1-2-12(11-15)13-4-5-16-14(10-13)6-7-19(8-9-19)17(16)23-18(21)22/h1-5,10-11,17H,6-9H2,(H2,21,22). The van der Waals surface area contributed by atoms with Crippen LogP contribution in [0.2, 0.25) is 0 Å². The molecule has 2 aromatic rings. The Labute approximate surface area is 134 Å². The number of primary amides is 1. The van der Waals surface area contributed by atoms with E-state index in [-0.39, 0.29) is 17.3 Å². The minimum absolute atomic E-state index is 0.0857. The van der Waals surface area contributed by atoms with Gasteiger partial charge in [-0.15, -0.1) is 0 Å². The van der Waals surface area contributed by atoms with Crippen molar-refractivity contribution in [3.8, 4) is 11.1 Å². The summed E-state index contributed by atoms with van der Waals surface area (Å²) in [4.78, 5) is 11.3. The molecule has 2 aliphatic carbocycles. The van der Waals surface area contributed by atoms with Crippen LogP contribution in [0, 0.1) is 11.2 Å². The molecular formula is C19H18FNO2. The monoisotopic (exact) mass is 311 g/mol. The number of carbonyl (C=O) groups is 1.